The number of para-hydroxylation sites is 2. The Hall–Kier alpha value is -3.96. The molecule has 3 aromatic carbocycles. The number of aromatic nitrogens is 2. The molecule has 0 aliphatic rings. The lowest BCUT2D eigenvalue weighted by Gasteiger charge is -2.18. The van der Waals surface area contributed by atoms with E-state index in [2.05, 4.69) is 37.0 Å². The molecule has 0 aliphatic heterocycles. The van der Waals surface area contributed by atoms with Crippen LogP contribution < -0.4 is 15.0 Å². The van der Waals surface area contributed by atoms with Gasteiger partial charge in [0.25, 0.3) is 5.56 Å². The number of carbonyl (C=O) groups is 1. The molecule has 0 aliphatic carbocycles. The lowest BCUT2D eigenvalue weighted by atomic mass is 10.2. The highest BCUT2D eigenvalue weighted by molar-refractivity contribution is 9.13. The van der Waals surface area contributed by atoms with Gasteiger partial charge < -0.3 is 18.6 Å². The molecule has 0 fully saturated rings. The Kier molecular flexibility index (Phi) is 8.04. The number of methoxy groups -OCH3 is 1. The fraction of sp³-hybridized carbons (Fsp3) is 0.172. The third-order valence-corrected chi connectivity index (χ3v) is 8.14. The number of carbonyl (C=O) groups excluding carboxylic acids is 1. The van der Waals surface area contributed by atoms with Gasteiger partial charge in [0.15, 0.2) is 23.4 Å². The number of hydrogen-bond donors (Lipinski definition) is 0. The summed E-state index contributed by atoms with van der Waals surface area (Å²) in [5, 5.41) is 5.81. The molecular weight excluding hydrogens is 646 g/mol. The first-order valence-corrected chi connectivity index (χ1v) is 13.8. The number of nitrogens with zero attached hydrogens (tertiary/aromatic N) is 3. The quantitative estimate of drug-likeness (QED) is 0.136. The van der Waals surface area contributed by atoms with Gasteiger partial charge in [-0.3, -0.25) is 4.79 Å². The molecule has 0 unspecified atom stereocenters. The molecule has 5 rings (SSSR count). The van der Waals surface area contributed by atoms with E-state index in [4.69, 9.17) is 23.6 Å². The molecule has 9 nitrogen and oxygen atoms in total. The minimum absolute atomic E-state index is 0.239. The van der Waals surface area contributed by atoms with Crippen molar-refractivity contribution >= 4 is 65.9 Å². The zero-order chi connectivity index (χ0) is 28.4. The van der Waals surface area contributed by atoms with Gasteiger partial charge in [0.1, 0.15) is 5.58 Å². The van der Waals surface area contributed by atoms with E-state index < -0.39 is 12.1 Å². The fourth-order valence-electron chi connectivity index (χ4n) is 4.05. The van der Waals surface area contributed by atoms with Crippen molar-refractivity contribution in [3.05, 3.63) is 85.5 Å². The van der Waals surface area contributed by atoms with Gasteiger partial charge in [0.05, 0.1) is 35.3 Å². The SMILES string of the molecule is CCOC(=O)[C@H](C)Oc1c(OC)cc(C=Nn2c(-c3cc4ccccc4o3)nc3ccccc3c2=O)c(Br)c1Br. The van der Waals surface area contributed by atoms with Crippen molar-refractivity contribution in [3.8, 4) is 23.1 Å². The monoisotopic (exact) mass is 667 g/mol. The Bertz CT molecular complexity index is 1800. The van der Waals surface area contributed by atoms with Gasteiger partial charge in [-0.2, -0.15) is 9.78 Å². The molecule has 1 atom stereocenters. The first-order chi connectivity index (χ1) is 19.3. The predicted molar refractivity (Wildman–Crippen MR) is 159 cm³/mol. The molecule has 0 radical (unpaired) electrons. The Morgan fingerprint density at radius 1 is 1.12 bits per heavy atom. The maximum Gasteiger partial charge on any atom is 0.347 e. The highest BCUT2D eigenvalue weighted by atomic mass is 79.9. The van der Waals surface area contributed by atoms with Crippen LogP contribution in [0.4, 0.5) is 0 Å². The molecule has 0 N–H and O–H groups in total. The number of rotatable bonds is 8. The largest absolute Gasteiger partial charge is 0.493 e. The smallest absolute Gasteiger partial charge is 0.347 e. The molecular formula is C29H23Br2N3O6. The van der Waals surface area contributed by atoms with Crippen LogP contribution in [0.5, 0.6) is 11.5 Å². The van der Waals surface area contributed by atoms with E-state index in [0.29, 0.717) is 48.3 Å². The van der Waals surface area contributed by atoms with Crippen LogP contribution >= 0.6 is 31.9 Å². The number of benzene rings is 3. The lowest BCUT2D eigenvalue weighted by molar-refractivity contribution is -0.150. The van der Waals surface area contributed by atoms with E-state index in [1.807, 2.05) is 36.4 Å². The van der Waals surface area contributed by atoms with Gasteiger partial charge in [0, 0.05) is 15.4 Å². The van der Waals surface area contributed by atoms with E-state index in [0.717, 1.165) is 5.39 Å². The van der Waals surface area contributed by atoms with Gasteiger partial charge >= 0.3 is 5.97 Å². The molecule has 0 saturated heterocycles. The zero-order valence-corrected chi connectivity index (χ0v) is 24.9. The molecule has 5 aromatic rings. The standard InChI is InChI=1S/C29H23Br2N3O6/c1-4-38-29(36)16(2)39-26-22(37-3)14-18(24(30)25(26)31)15-32-34-27(23-13-17-9-5-8-12-21(17)40-23)33-20-11-7-6-10-19(20)28(34)35/h5-16H,4H2,1-3H3/t16-/m0/s1. The van der Waals surface area contributed by atoms with E-state index >= 15 is 0 Å². The first kappa shape index (κ1) is 27.6. The summed E-state index contributed by atoms with van der Waals surface area (Å²) >= 11 is 7.08. The number of ether oxygens (including phenoxy) is 3. The number of hydrogen-bond acceptors (Lipinski definition) is 8. The molecule has 2 aromatic heterocycles. The Morgan fingerprint density at radius 3 is 2.62 bits per heavy atom. The second kappa shape index (κ2) is 11.6. The maximum atomic E-state index is 13.6. The zero-order valence-electron chi connectivity index (χ0n) is 21.7. The van der Waals surface area contributed by atoms with Crippen LogP contribution in [-0.2, 0) is 9.53 Å². The molecule has 0 amide bonds. The van der Waals surface area contributed by atoms with Gasteiger partial charge in [-0.25, -0.2) is 9.78 Å². The summed E-state index contributed by atoms with van der Waals surface area (Å²) in [6.07, 6.45) is 0.630. The third kappa shape index (κ3) is 5.26. The van der Waals surface area contributed by atoms with Crippen LogP contribution in [0.15, 0.2) is 83.9 Å². The molecule has 40 heavy (non-hydrogen) atoms. The summed E-state index contributed by atoms with van der Waals surface area (Å²) in [5.74, 6) is 0.797. The molecule has 204 valence electrons. The Morgan fingerprint density at radius 2 is 1.88 bits per heavy atom. The van der Waals surface area contributed by atoms with Gasteiger partial charge in [-0.1, -0.05) is 30.3 Å². The second-order valence-electron chi connectivity index (χ2n) is 8.60. The van der Waals surface area contributed by atoms with Crippen LogP contribution in [0.25, 0.3) is 33.5 Å². The number of furan rings is 1. The highest BCUT2D eigenvalue weighted by Gasteiger charge is 2.23. The minimum Gasteiger partial charge on any atom is -0.493 e. The number of esters is 1. The molecule has 0 bridgehead atoms. The molecule has 0 saturated carbocycles. The average Bonchev–Trinajstić information content (AvgIpc) is 3.40. The lowest BCUT2D eigenvalue weighted by Crippen LogP contribution is -2.26. The molecule has 2 heterocycles. The van der Waals surface area contributed by atoms with Crippen LogP contribution in [0.1, 0.15) is 19.4 Å². The molecule has 11 heteroatoms. The van der Waals surface area contributed by atoms with Crippen molar-refractivity contribution < 1.29 is 23.4 Å². The maximum absolute atomic E-state index is 13.6. The fourth-order valence-corrected chi connectivity index (χ4v) is 4.96. The van der Waals surface area contributed by atoms with Crippen LogP contribution in [0.3, 0.4) is 0 Å². The summed E-state index contributed by atoms with van der Waals surface area (Å²) in [4.78, 5) is 30.4. The minimum atomic E-state index is -0.870. The van der Waals surface area contributed by atoms with Crippen molar-refractivity contribution in [3.63, 3.8) is 0 Å². The van der Waals surface area contributed by atoms with Gasteiger partial charge in [-0.15, -0.1) is 0 Å². The normalized spacial score (nSPS) is 12.2. The first-order valence-electron chi connectivity index (χ1n) is 12.3. The van der Waals surface area contributed by atoms with E-state index in [1.165, 1.54) is 18.0 Å². The van der Waals surface area contributed by atoms with Crippen molar-refractivity contribution in [2.24, 2.45) is 5.10 Å². The van der Waals surface area contributed by atoms with Gasteiger partial charge in [-0.05, 0) is 76.0 Å². The van der Waals surface area contributed by atoms with Crippen molar-refractivity contribution in [1.82, 2.24) is 9.66 Å². The van der Waals surface area contributed by atoms with Crippen LogP contribution in [0.2, 0.25) is 0 Å². The summed E-state index contributed by atoms with van der Waals surface area (Å²) in [7, 11) is 1.48. The van der Waals surface area contributed by atoms with E-state index in [1.54, 1.807) is 38.1 Å². The Balaban J connectivity index is 1.61. The number of fused-ring (bicyclic) bond motifs is 2. The summed E-state index contributed by atoms with van der Waals surface area (Å²) < 4.78 is 24.7. The summed E-state index contributed by atoms with van der Waals surface area (Å²) in [6.45, 7) is 3.55. The average molecular weight is 669 g/mol. The van der Waals surface area contributed by atoms with Crippen molar-refractivity contribution in [2.45, 2.75) is 20.0 Å². The van der Waals surface area contributed by atoms with Gasteiger partial charge in [0.2, 0.25) is 5.82 Å². The second-order valence-corrected chi connectivity index (χ2v) is 10.2. The third-order valence-electron chi connectivity index (χ3n) is 6.00. The van der Waals surface area contributed by atoms with E-state index in [9.17, 15) is 9.59 Å². The molecule has 0 spiro atoms. The predicted octanol–water partition coefficient (Wildman–Crippen LogP) is 6.56. The highest BCUT2D eigenvalue weighted by Crippen LogP contribution is 2.43. The summed E-state index contributed by atoms with van der Waals surface area (Å²) in [5.41, 5.74) is 1.40. The van der Waals surface area contributed by atoms with Crippen molar-refractivity contribution in [2.75, 3.05) is 13.7 Å². The van der Waals surface area contributed by atoms with Crippen LogP contribution in [-0.4, -0.2) is 41.7 Å². The Labute approximate surface area is 245 Å². The van der Waals surface area contributed by atoms with Crippen LogP contribution in [0, 0.1) is 0 Å². The van der Waals surface area contributed by atoms with E-state index in [-0.39, 0.29) is 18.0 Å². The van der Waals surface area contributed by atoms with Crippen molar-refractivity contribution in [1.29, 1.82) is 0 Å². The number of halogens is 2. The topological polar surface area (TPSA) is 105 Å². The summed E-state index contributed by atoms with van der Waals surface area (Å²) in [6, 6.07) is 18.1.